The monoisotopic (exact) mass is 270 g/mol. The van der Waals surface area contributed by atoms with Crippen LogP contribution in [0.25, 0.3) is 0 Å². The normalized spacial score (nSPS) is 10.2. The zero-order valence-electron chi connectivity index (χ0n) is 10.2. The van der Waals surface area contributed by atoms with Crippen LogP contribution in [0.15, 0.2) is 18.2 Å². The van der Waals surface area contributed by atoms with E-state index in [2.05, 4.69) is 5.32 Å². The Balaban J connectivity index is 2.60. The first-order valence-corrected chi connectivity index (χ1v) is 5.79. The lowest BCUT2D eigenvalue weighted by molar-refractivity contribution is -0.124. The largest absolute Gasteiger partial charge is 0.452 e. The van der Waals surface area contributed by atoms with Gasteiger partial charge in [-0.05, 0) is 32.0 Å². The number of nitrogens with one attached hydrogen (secondary N) is 1. The Morgan fingerprint density at radius 1 is 1.44 bits per heavy atom. The third kappa shape index (κ3) is 4.25. The fourth-order valence-electron chi connectivity index (χ4n) is 1.27. The van der Waals surface area contributed by atoms with Crippen molar-refractivity contribution in [3.8, 4) is 0 Å². The highest BCUT2D eigenvalue weighted by Crippen LogP contribution is 2.19. The van der Waals surface area contributed by atoms with Gasteiger partial charge >= 0.3 is 5.97 Å². The van der Waals surface area contributed by atoms with Crippen molar-refractivity contribution in [2.24, 2.45) is 0 Å². The molecule has 0 bridgehead atoms. The molecule has 0 aliphatic carbocycles. The minimum absolute atomic E-state index is 0.00726. The Hall–Kier alpha value is -1.75. The van der Waals surface area contributed by atoms with Crippen LogP contribution in [0.5, 0.6) is 0 Å². The molecule has 0 spiro atoms. The number of anilines is 1. The number of amides is 1. The van der Waals surface area contributed by atoms with Gasteiger partial charge < -0.3 is 15.8 Å². The number of nitrogen functional groups attached to an aromatic ring is 1. The predicted molar refractivity (Wildman–Crippen MR) is 69.4 cm³/mol. The van der Waals surface area contributed by atoms with E-state index in [9.17, 15) is 9.59 Å². The molecule has 1 amide bonds. The molecule has 0 saturated carbocycles. The highest BCUT2D eigenvalue weighted by molar-refractivity contribution is 6.33. The minimum Gasteiger partial charge on any atom is -0.452 e. The van der Waals surface area contributed by atoms with E-state index in [1.54, 1.807) is 6.07 Å². The minimum atomic E-state index is -0.675. The van der Waals surface area contributed by atoms with E-state index in [0.29, 0.717) is 5.69 Å². The molecule has 0 fully saturated rings. The number of hydrogen-bond donors (Lipinski definition) is 2. The van der Waals surface area contributed by atoms with Gasteiger partial charge in [-0.3, -0.25) is 4.79 Å². The Morgan fingerprint density at radius 3 is 2.72 bits per heavy atom. The van der Waals surface area contributed by atoms with Gasteiger partial charge in [0.25, 0.3) is 5.91 Å². The van der Waals surface area contributed by atoms with E-state index in [1.807, 2.05) is 13.8 Å². The SMILES string of the molecule is CC(C)NC(=O)COC(=O)c1cc(N)ccc1Cl. The van der Waals surface area contributed by atoms with E-state index < -0.39 is 5.97 Å². The summed E-state index contributed by atoms with van der Waals surface area (Å²) in [5.74, 6) is -1.04. The maximum absolute atomic E-state index is 11.7. The van der Waals surface area contributed by atoms with Gasteiger partial charge in [0.1, 0.15) is 0 Å². The summed E-state index contributed by atoms with van der Waals surface area (Å²) >= 11 is 5.83. The lowest BCUT2D eigenvalue weighted by Gasteiger charge is -2.09. The van der Waals surface area contributed by atoms with Gasteiger partial charge in [0.15, 0.2) is 6.61 Å². The number of rotatable bonds is 4. The van der Waals surface area contributed by atoms with Crippen LogP contribution < -0.4 is 11.1 Å². The zero-order valence-corrected chi connectivity index (χ0v) is 11.0. The molecule has 0 saturated heterocycles. The summed E-state index contributed by atoms with van der Waals surface area (Å²) in [6, 6.07) is 4.48. The number of hydrogen-bond acceptors (Lipinski definition) is 4. The predicted octanol–water partition coefficient (Wildman–Crippen LogP) is 1.60. The second kappa shape index (κ2) is 6.26. The number of carbonyl (C=O) groups excluding carboxylic acids is 2. The standard InChI is InChI=1S/C12H15ClN2O3/c1-7(2)15-11(16)6-18-12(17)9-5-8(14)3-4-10(9)13/h3-5,7H,6,14H2,1-2H3,(H,15,16). The van der Waals surface area contributed by atoms with Crippen LogP contribution in [0.4, 0.5) is 5.69 Å². The van der Waals surface area contributed by atoms with Crippen molar-refractivity contribution in [2.45, 2.75) is 19.9 Å². The number of ether oxygens (including phenoxy) is 1. The number of halogens is 1. The van der Waals surface area contributed by atoms with Crippen LogP contribution in [0.2, 0.25) is 5.02 Å². The van der Waals surface area contributed by atoms with Crippen molar-refractivity contribution in [1.29, 1.82) is 0 Å². The van der Waals surface area contributed by atoms with Crippen LogP contribution in [-0.4, -0.2) is 24.5 Å². The summed E-state index contributed by atoms with van der Waals surface area (Å²) in [4.78, 5) is 23.0. The smallest absolute Gasteiger partial charge is 0.340 e. The van der Waals surface area contributed by atoms with Gasteiger partial charge in [-0.25, -0.2) is 4.79 Å². The molecule has 6 heteroatoms. The maximum Gasteiger partial charge on any atom is 0.340 e. The fourth-order valence-corrected chi connectivity index (χ4v) is 1.47. The summed E-state index contributed by atoms with van der Waals surface area (Å²) < 4.78 is 4.84. The molecular weight excluding hydrogens is 256 g/mol. The van der Waals surface area contributed by atoms with E-state index in [-0.39, 0.29) is 29.1 Å². The van der Waals surface area contributed by atoms with E-state index in [1.165, 1.54) is 12.1 Å². The molecule has 0 unspecified atom stereocenters. The molecule has 5 nitrogen and oxygen atoms in total. The van der Waals surface area contributed by atoms with Gasteiger partial charge in [0, 0.05) is 11.7 Å². The average molecular weight is 271 g/mol. The van der Waals surface area contributed by atoms with Gasteiger partial charge in [0.05, 0.1) is 10.6 Å². The Bertz CT molecular complexity index is 461. The van der Waals surface area contributed by atoms with E-state index in [4.69, 9.17) is 22.1 Å². The zero-order chi connectivity index (χ0) is 13.7. The maximum atomic E-state index is 11.7. The summed E-state index contributed by atoms with van der Waals surface area (Å²) in [5, 5.41) is 2.84. The third-order valence-electron chi connectivity index (χ3n) is 1.99. The molecule has 0 atom stereocenters. The summed E-state index contributed by atoms with van der Waals surface area (Å²) in [6.45, 7) is 3.28. The number of benzene rings is 1. The Labute approximate surface area is 110 Å². The molecule has 0 aliphatic rings. The Kier molecular flexibility index (Phi) is 4.97. The van der Waals surface area contributed by atoms with Gasteiger partial charge in [0.2, 0.25) is 0 Å². The van der Waals surface area contributed by atoms with E-state index >= 15 is 0 Å². The van der Waals surface area contributed by atoms with Gasteiger partial charge in [-0.1, -0.05) is 11.6 Å². The fraction of sp³-hybridized carbons (Fsp3) is 0.333. The Morgan fingerprint density at radius 2 is 2.11 bits per heavy atom. The molecule has 0 aromatic heterocycles. The van der Waals surface area contributed by atoms with Crippen molar-refractivity contribution in [3.63, 3.8) is 0 Å². The molecule has 0 aliphatic heterocycles. The molecule has 0 radical (unpaired) electrons. The second-order valence-corrected chi connectivity index (χ2v) is 4.44. The highest BCUT2D eigenvalue weighted by atomic mass is 35.5. The summed E-state index contributed by atoms with van der Waals surface area (Å²) in [7, 11) is 0. The van der Waals surface area contributed by atoms with Gasteiger partial charge in [-0.2, -0.15) is 0 Å². The second-order valence-electron chi connectivity index (χ2n) is 4.04. The number of nitrogens with two attached hydrogens (primary N) is 1. The highest BCUT2D eigenvalue weighted by Gasteiger charge is 2.14. The first-order valence-electron chi connectivity index (χ1n) is 5.41. The van der Waals surface area contributed by atoms with Crippen molar-refractivity contribution in [1.82, 2.24) is 5.32 Å². The van der Waals surface area contributed by atoms with Crippen molar-refractivity contribution in [2.75, 3.05) is 12.3 Å². The summed E-state index contributed by atoms with van der Waals surface area (Å²) in [6.07, 6.45) is 0. The molecule has 0 heterocycles. The third-order valence-corrected chi connectivity index (χ3v) is 2.32. The lowest BCUT2D eigenvalue weighted by atomic mass is 10.2. The van der Waals surface area contributed by atoms with Crippen molar-refractivity contribution >= 4 is 29.2 Å². The molecule has 98 valence electrons. The van der Waals surface area contributed by atoms with Crippen LogP contribution in [-0.2, 0) is 9.53 Å². The topological polar surface area (TPSA) is 81.4 Å². The molecule has 1 aromatic rings. The molecular formula is C12H15ClN2O3. The van der Waals surface area contributed by atoms with Crippen LogP contribution in [0, 0.1) is 0 Å². The first-order chi connectivity index (χ1) is 8.40. The quantitative estimate of drug-likeness (QED) is 0.643. The van der Waals surface area contributed by atoms with Crippen molar-refractivity contribution < 1.29 is 14.3 Å². The molecule has 18 heavy (non-hydrogen) atoms. The summed E-state index contributed by atoms with van der Waals surface area (Å²) in [5.41, 5.74) is 6.09. The van der Waals surface area contributed by atoms with Crippen LogP contribution >= 0.6 is 11.6 Å². The number of esters is 1. The van der Waals surface area contributed by atoms with Crippen LogP contribution in [0.3, 0.4) is 0 Å². The average Bonchev–Trinajstić information content (AvgIpc) is 2.28. The molecule has 1 aromatic carbocycles. The van der Waals surface area contributed by atoms with Crippen LogP contribution in [0.1, 0.15) is 24.2 Å². The first kappa shape index (κ1) is 14.3. The van der Waals surface area contributed by atoms with Crippen molar-refractivity contribution in [3.05, 3.63) is 28.8 Å². The molecule has 3 N–H and O–H groups in total. The van der Waals surface area contributed by atoms with E-state index in [0.717, 1.165) is 0 Å². The lowest BCUT2D eigenvalue weighted by Crippen LogP contribution is -2.34. The van der Waals surface area contributed by atoms with Gasteiger partial charge in [-0.15, -0.1) is 0 Å². The molecule has 1 rings (SSSR count). The number of carbonyl (C=O) groups is 2.